The molecule has 0 saturated heterocycles. The summed E-state index contributed by atoms with van der Waals surface area (Å²) < 4.78 is 33.6. The van der Waals surface area contributed by atoms with Crippen LogP contribution in [0.5, 0.6) is 0 Å². The normalized spacial score (nSPS) is 11.1. The van der Waals surface area contributed by atoms with Crippen molar-refractivity contribution in [2.75, 3.05) is 10.9 Å². The lowest BCUT2D eigenvalue weighted by molar-refractivity contribution is -0.142. The summed E-state index contributed by atoms with van der Waals surface area (Å²) in [6.07, 6.45) is -0.0171. The average Bonchev–Trinajstić information content (AvgIpc) is 2.71. The predicted octanol–water partition coefficient (Wildman–Crippen LogP) is 4.63. The molecule has 0 unspecified atom stereocenters. The molecule has 0 amide bonds. The molecule has 3 rings (SSSR count). The lowest BCUT2D eigenvalue weighted by atomic mass is 10.1. The summed E-state index contributed by atoms with van der Waals surface area (Å²) in [4.78, 5) is 12.3. The minimum absolute atomic E-state index is 0.0171. The third-order valence-electron chi connectivity index (χ3n) is 4.40. The topological polar surface area (TPSA) is 63.7 Å². The summed E-state index contributed by atoms with van der Waals surface area (Å²) in [5, 5.41) is 0. The van der Waals surface area contributed by atoms with E-state index in [9.17, 15) is 13.2 Å². The molecule has 0 aromatic heterocycles. The fourth-order valence-electron chi connectivity index (χ4n) is 3.01. The number of sulfonamides is 1. The van der Waals surface area contributed by atoms with Crippen LogP contribution < -0.4 is 4.31 Å². The molecule has 150 valence electrons. The molecule has 0 saturated carbocycles. The smallest absolute Gasteiger partial charge is 0.310 e. The Morgan fingerprint density at radius 2 is 1.52 bits per heavy atom. The van der Waals surface area contributed by atoms with Crippen LogP contribution in [0.1, 0.15) is 18.1 Å². The van der Waals surface area contributed by atoms with Crippen molar-refractivity contribution in [2.45, 2.75) is 25.2 Å². The molecule has 0 N–H and O–H groups in total. The number of nitrogens with zero attached hydrogens (tertiary/aromatic N) is 1. The molecule has 0 heterocycles. The molecule has 0 spiro atoms. The molecule has 3 aromatic carbocycles. The van der Waals surface area contributed by atoms with E-state index in [0.717, 1.165) is 5.56 Å². The van der Waals surface area contributed by atoms with Crippen LogP contribution >= 0.6 is 0 Å². The maximum atomic E-state index is 13.6. The van der Waals surface area contributed by atoms with Gasteiger partial charge in [0.1, 0.15) is 0 Å². The molecule has 5 nitrogen and oxygen atoms in total. The van der Waals surface area contributed by atoms with Crippen molar-refractivity contribution in [3.63, 3.8) is 0 Å². The third kappa shape index (κ3) is 4.66. The molecule has 6 heteroatoms. The number of rotatable bonds is 7. The monoisotopic (exact) mass is 409 g/mol. The highest BCUT2D eigenvalue weighted by Gasteiger charge is 2.28. The molecule has 0 aliphatic rings. The van der Waals surface area contributed by atoms with E-state index in [2.05, 4.69) is 0 Å². The number of hydrogen-bond donors (Lipinski definition) is 0. The Morgan fingerprint density at radius 1 is 0.897 bits per heavy atom. The Hall–Kier alpha value is -3.12. The number of carbonyl (C=O) groups excluding carboxylic acids is 1. The first kappa shape index (κ1) is 20.6. The first-order chi connectivity index (χ1) is 13.9. The van der Waals surface area contributed by atoms with E-state index in [1.807, 2.05) is 13.0 Å². The first-order valence-corrected chi connectivity index (χ1v) is 10.8. The van der Waals surface area contributed by atoms with Gasteiger partial charge in [-0.05, 0) is 49.7 Å². The molecule has 0 fully saturated rings. The molecule has 0 radical (unpaired) electrons. The second-order valence-corrected chi connectivity index (χ2v) is 8.32. The Bertz CT molecular complexity index is 1080. The summed E-state index contributed by atoms with van der Waals surface area (Å²) in [7, 11) is -3.91. The van der Waals surface area contributed by atoms with Gasteiger partial charge >= 0.3 is 5.97 Å². The van der Waals surface area contributed by atoms with E-state index < -0.39 is 16.0 Å². The van der Waals surface area contributed by atoms with Crippen molar-refractivity contribution < 1.29 is 17.9 Å². The minimum atomic E-state index is -3.91. The number of aryl methyl sites for hydroxylation is 1. The molecule has 0 aliphatic carbocycles. The van der Waals surface area contributed by atoms with Crippen LogP contribution in [0.4, 0.5) is 11.4 Å². The van der Waals surface area contributed by atoms with Crippen LogP contribution in [0, 0.1) is 6.92 Å². The highest BCUT2D eigenvalue weighted by molar-refractivity contribution is 7.93. The highest BCUT2D eigenvalue weighted by Crippen LogP contribution is 2.35. The molecular weight excluding hydrogens is 386 g/mol. The zero-order valence-corrected chi connectivity index (χ0v) is 17.2. The van der Waals surface area contributed by atoms with Crippen molar-refractivity contribution in [3.8, 4) is 0 Å². The van der Waals surface area contributed by atoms with Gasteiger partial charge in [0.15, 0.2) is 0 Å². The molecule has 3 aromatic rings. The van der Waals surface area contributed by atoms with Gasteiger partial charge in [-0.2, -0.15) is 0 Å². The van der Waals surface area contributed by atoms with Crippen LogP contribution in [0.15, 0.2) is 83.8 Å². The van der Waals surface area contributed by atoms with Gasteiger partial charge in [0.05, 0.1) is 29.3 Å². The van der Waals surface area contributed by atoms with Gasteiger partial charge in [-0.3, -0.25) is 4.79 Å². The summed E-state index contributed by atoms with van der Waals surface area (Å²) in [6, 6.07) is 22.5. The minimum Gasteiger partial charge on any atom is -0.466 e. The third-order valence-corrected chi connectivity index (χ3v) is 6.16. The van der Waals surface area contributed by atoms with Crippen LogP contribution in [-0.2, 0) is 26.0 Å². The zero-order chi connectivity index (χ0) is 20.9. The maximum absolute atomic E-state index is 13.6. The fraction of sp³-hybridized carbons (Fsp3) is 0.174. The van der Waals surface area contributed by atoms with Gasteiger partial charge in [0.25, 0.3) is 10.0 Å². The van der Waals surface area contributed by atoms with Crippen molar-refractivity contribution >= 4 is 27.4 Å². The van der Waals surface area contributed by atoms with Crippen molar-refractivity contribution in [1.29, 1.82) is 0 Å². The van der Waals surface area contributed by atoms with E-state index in [1.165, 1.54) is 4.31 Å². The van der Waals surface area contributed by atoms with Gasteiger partial charge in [-0.1, -0.05) is 54.1 Å². The molecule has 0 atom stereocenters. The Balaban J connectivity index is 2.16. The van der Waals surface area contributed by atoms with Gasteiger partial charge in [-0.15, -0.1) is 0 Å². The maximum Gasteiger partial charge on any atom is 0.310 e. The molecule has 0 aliphatic heterocycles. The Labute approximate surface area is 171 Å². The second kappa shape index (κ2) is 8.92. The van der Waals surface area contributed by atoms with Gasteiger partial charge in [0, 0.05) is 0 Å². The van der Waals surface area contributed by atoms with Crippen molar-refractivity contribution in [1.82, 2.24) is 0 Å². The van der Waals surface area contributed by atoms with Gasteiger partial charge < -0.3 is 4.74 Å². The Morgan fingerprint density at radius 3 is 2.17 bits per heavy atom. The lowest BCUT2D eigenvalue weighted by Crippen LogP contribution is -2.27. The van der Waals surface area contributed by atoms with E-state index in [0.29, 0.717) is 16.9 Å². The van der Waals surface area contributed by atoms with Crippen LogP contribution in [-0.4, -0.2) is 21.0 Å². The van der Waals surface area contributed by atoms with Gasteiger partial charge in [0.2, 0.25) is 0 Å². The molecular formula is C23H23NO4S. The number of hydrogen-bond acceptors (Lipinski definition) is 4. The van der Waals surface area contributed by atoms with E-state index in [-0.39, 0.29) is 17.9 Å². The molecule has 0 bridgehead atoms. The summed E-state index contributed by atoms with van der Waals surface area (Å²) in [5.41, 5.74) is 2.46. The van der Waals surface area contributed by atoms with E-state index in [1.54, 1.807) is 79.7 Å². The largest absolute Gasteiger partial charge is 0.466 e. The van der Waals surface area contributed by atoms with Crippen LogP contribution in [0.25, 0.3) is 0 Å². The SMILES string of the molecule is CCOC(=O)Cc1ccccc1N(c1ccccc1)S(=O)(=O)c1ccc(C)cc1. The zero-order valence-electron chi connectivity index (χ0n) is 16.4. The number of anilines is 2. The number of esters is 1. The fourth-order valence-corrected chi connectivity index (χ4v) is 4.54. The average molecular weight is 410 g/mol. The predicted molar refractivity (Wildman–Crippen MR) is 114 cm³/mol. The van der Waals surface area contributed by atoms with Crippen molar-refractivity contribution in [3.05, 3.63) is 90.0 Å². The Kier molecular flexibility index (Phi) is 6.34. The number of para-hydroxylation sites is 2. The van der Waals surface area contributed by atoms with Crippen LogP contribution in [0.2, 0.25) is 0 Å². The van der Waals surface area contributed by atoms with Crippen molar-refractivity contribution in [2.24, 2.45) is 0 Å². The van der Waals surface area contributed by atoms with Gasteiger partial charge in [-0.25, -0.2) is 12.7 Å². The standard InChI is InChI=1S/C23H23NO4S/c1-3-28-23(25)17-19-9-7-8-12-22(19)24(20-10-5-4-6-11-20)29(26,27)21-15-13-18(2)14-16-21/h4-16H,3,17H2,1-2H3. The second-order valence-electron chi connectivity index (χ2n) is 6.53. The summed E-state index contributed by atoms with van der Waals surface area (Å²) in [6.45, 7) is 3.91. The summed E-state index contributed by atoms with van der Waals surface area (Å²) >= 11 is 0. The van der Waals surface area contributed by atoms with Crippen LogP contribution in [0.3, 0.4) is 0 Å². The lowest BCUT2D eigenvalue weighted by Gasteiger charge is -2.26. The number of carbonyl (C=O) groups is 1. The van der Waals surface area contributed by atoms with E-state index >= 15 is 0 Å². The van der Waals surface area contributed by atoms with E-state index in [4.69, 9.17) is 4.74 Å². The highest BCUT2D eigenvalue weighted by atomic mass is 32.2. The number of ether oxygens (including phenoxy) is 1. The summed E-state index contributed by atoms with van der Waals surface area (Å²) in [5.74, 6) is -0.402. The quantitative estimate of drug-likeness (QED) is 0.534. The molecule has 29 heavy (non-hydrogen) atoms. The first-order valence-electron chi connectivity index (χ1n) is 9.34. The number of benzene rings is 3.